The molecule has 0 aromatic rings. The fraction of sp³-hybridized carbons (Fsp3) is 0.750. The summed E-state index contributed by atoms with van der Waals surface area (Å²) in [4.78, 5) is 0. The molecule has 2 rings (SSSR count). The maximum atomic E-state index is 2.36. The molecule has 0 radical (unpaired) electrons. The third-order valence-corrected chi connectivity index (χ3v) is 5.81. The molecule has 0 aromatic heterocycles. The molecule has 56 valence electrons. The van der Waals surface area contributed by atoms with Gasteiger partial charge in [0.05, 0.1) is 4.75 Å². The minimum Gasteiger partial charge on any atom is -0.0779 e. The van der Waals surface area contributed by atoms with Crippen molar-refractivity contribution < 1.29 is 0 Å². The van der Waals surface area contributed by atoms with E-state index in [1.807, 2.05) is 10.8 Å². The van der Waals surface area contributed by atoms with Gasteiger partial charge in [0.25, 0.3) is 0 Å². The van der Waals surface area contributed by atoms with E-state index in [2.05, 4.69) is 30.0 Å². The molecular weight excluding hydrogens is 160 g/mol. The van der Waals surface area contributed by atoms with Crippen LogP contribution in [0.2, 0.25) is 0 Å². The van der Waals surface area contributed by atoms with Crippen molar-refractivity contribution in [1.29, 1.82) is 0 Å². The summed E-state index contributed by atoms with van der Waals surface area (Å²) in [5.74, 6) is 0.826. The molecule has 1 heterocycles. The van der Waals surface area contributed by atoms with Crippen LogP contribution in [-0.2, 0) is 0 Å². The SMILES string of the molecule is CC(C)C12CCC1=CSS2. The number of hydrogen-bond donors (Lipinski definition) is 0. The van der Waals surface area contributed by atoms with Gasteiger partial charge in [-0.25, -0.2) is 0 Å². The average Bonchev–Trinajstić information content (AvgIpc) is 2.09. The largest absolute Gasteiger partial charge is 0.0779 e. The number of rotatable bonds is 1. The summed E-state index contributed by atoms with van der Waals surface area (Å²) in [5.41, 5.74) is 1.71. The first-order chi connectivity index (χ1) is 4.76. The molecule has 1 aliphatic heterocycles. The first-order valence-corrected chi connectivity index (χ1v) is 6.01. The van der Waals surface area contributed by atoms with Crippen LogP contribution in [0.3, 0.4) is 0 Å². The van der Waals surface area contributed by atoms with Gasteiger partial charge in [-0.3, -0.25) is 0 Å². The average molecular weight is 172 g/mol. The van der Waals surface area contributed by atoms with E-state index >= 15 is 0 Å². The van der Waals surface area contributed by atoms with Crippen LogP contribution in [0.25, 0.3) is 0 Å². The first kappa shape index (κ1) is 7.11. The summed E-state index contributed by atoms with van der Waals surface area (Å²) in [7, 11) is 4.01. The van der Waals surface area contributed by atoms with Crippen LogP contribution in [0.1, 0.15) is 26.7 Å². The zero-order chi connectivity index (χ0) is 7.19. The van der Waals surface area contributed by atoms with E-state index in [-0.39, 0.29) is 0 Å². The Hall–Kier alpha value is 0.440. The van der Waals surface area contributed by atoms with Crippen molar-refractivity contribution in [2.24, 2.45) is 5.92 Å². The Bertz CT molecular complexity index is 184. The number of fused-ring (bicyclic) bond motifs is 1. The molecule has 0 amide bonds. The van der Waals surface area contributed by atoms with E-state index in [0.29, 0.717) is 4.75 Å². The first-order valence-electron chi connectivity index (χ1n) is 3.80. The van der Waals surface area contributed by atoms with E-state index in [4.69, 9.17) is 0 Å². The monoisotopic (exact) mass is 172 g/mol. The van der Waals surface area contributed by atoms with Gasteiger partial charge in [-0.2, -0.15) is 0 Å². The molecule has 2 heteroatoms. The lowest BCUT2D eigenvalue weighted by Gasteiger charge is -2.43. The van der Waals surface area contributed by atoms with Gasteiger partial charge in [-0.15, -0.1) is 0 Å². The van der Waals surface area contributed by atoms with E-state index in [1.165, 1.54) is 12.8 Å². The topological polar surface area (TPSA) is 0 Å². The van der Waals surface area contributed by atoms with Crippen molar-refractivity contribution in [2.45, 2.75) is 31.4 Å². The molecule has 2 aliphatic rings. The highest BCUT2D eigenvalue weighted by Gasteiger charge is 2.48. The molecule has 0 nitrogen and oxygen atoms in total. The fourth-order valence-corrected chi connectivity index (χ4v) is 5.23. The van der Waals surface area contributed by atoms with Crippen molar-refractivity contribution in [2.75, 3.05) is 0 Å². The standard InChI is InChI=1S/C8H12S2/c1-6(2)8-4-3-7(8)5-9-10-8/h5-6H,3-4H2,1-2H3. The van der Waals surface area contributed by atoms with Crippen molar-refractivity contribution in [3.8, 4) is 0 Å². The molecule has 1 aliphatic carbocycles. The van der Waals surface area contributed by atoms with Gasteiger partial charge in [0.2, 0.25) is 0 Å². The van der Waals surface area contributed by atoms with E-state index < -0.39 is 0 Å². The summed E-state index contributed by atoms with van der Waals surface area (Å²) in [6.07, 6.45) is 2.77. The third kappa shape index (κ3) is 0.722. The molecule has 0 saturated heterocycles. The highest BCUT2D eigenvalue weighted by molar-refractivity contribution is 8.78. The zero-order valence-electron chi connectivity index (χ0n) is 6.39. The molecule has 1 unspecified atom stereocenters. The van der Waals surface area contributed by atoms with Gasteiger partial charge >= 0.3 is 0 Å². The van der Waals surface area contributed by atoms with Gasteiger partial charge in [0.1, 0.15) is 0 Å². The minimum absolute atomic E-state index is 0.574. The Kier molecular flexibility index (Phi) is 1.57. The van der Waals surface area contributed by atoms with Crippen molar-refractivity contribution in [3.05, 3.63) is 11.0 Å². The second kappa shape index (κ2) is 2.21. The van der Waals surface area contributed by atoms with Gasteiger partial charge in [0, 0.05) is 0 Å². The van der Waals surface area contributed by atoms with Crippen molar-refractivity contribution in [3.63, 3.8) is 0 Å². The minimum atomic E-state index is 0.574. The second-order valence-electron chi connectivity index (χ2n) is 3.37. The van der Waals surface area contributed by atoms with Crippen LogP contribution >= 0.6 is 21.6 Å². The predicted molar refractivity (Wildman–Crippen MR) is 50.1 cm³/mol. The Balaban J connectivity index is 2.24. The smallest absolute Gasteiger partial charge is 0.0509 e. The summed E-state index contributed by atoms with van der Waals surface area (Å²) in [6, 6.07) is 0. The van der Waals surface area contributed by atoms with Gasteiger partial charge in [0.15, 0.2) is 0 Å². The quantitative estimate of drug-likeness (QED) is 0.556. The molecule has 0 bridgehead atoms. The van der Waals surface area contributed by atoms with E-state index in [9.17, 15) is 0 Å². The maximum absolute atomic E-state index is 2.36. The molecular formula is C8H12S2. The maximum Gasteiger partial charge on any atom is 0.0509 e. The highest BCUT2D eigenvalue weighted by atomic mass is 33.1. The fourth-order valence-electron chi connectivity index (χ4n) is 1.69. The summed E-state index contributed by atoms with van der Waals surface area (Å²) in [6.45, 7) is 4.68. The van der Waals surface area contributed by atoms with Gasteiger partial charge in [-0.05, 0) is 29.7 Å². The Morgan fingerprint density at radius 2 is 2.40 bits per heavy atom. The summed E-state index contributed by atoms with van der Waals surface area (Å²) < 4.78 is 0.574. The number of hydrogen-bond acceptors (Lipinski definition) is 2. The highest BCUT2D eigenvalue weighted by Crippen LogP contribution is 2.63. The van der Waals surface area contributed by atoms with Gasteiger partial charge < -0.3 is 0 Å². The molecule has 0 N–H and O–H groups in total. The van der Waals surface area contributed by atoms with Crippen LogP contribution in [-0.4, -0.2) is 4.75 Å². The Morgan fingerprint density at radius 1 is 1.60 bits per heavy atom. The summed E-state index contributed by atoms with van der Waals surface area (Å²) in [5, 5.41) is 2.36. The molecule has 1 atom stereocenters. The van der Waals surface area contributed by atoms with E-state index in [1.54, 1.807) is 5.57 Å². The van der Waals surface area contributed by atoms with Crippen molar-refractivity contribution >= 4 is 21.6 Å². The zero-order valence-corrected chi connectivity index (χ0v) is 8.02. The Morgan fingerprint density at radius 3 is 2.70 bits per heavy atom. The molecule has 1 saturated carbocycles. The van der Waals surface area contributed by atoms with Crippen LogP contribution in [0.4, 0.5) is 0 Å². The van der Waals surface area contributed by atoms with Crippen LogP contribution < -0.4 is 0 Å². The molecule has 0 aromatic carbocycles. The lowest BCUT2D eigenvalue weighted by molar-refractivity contribution is 0.384. The van der Waals surface area contributed by atoms with Gasteiger partial charge in [-0.1, -0.05) is 35.4 Å². The molecule has 10 heavy (non-hydrogen) atoms. The third-order valence-electron chi connectivity index (χ3n) is 2.63. The molecule has 1 fully saturated rings. The summed E-state index contributed by atoms with van der Waals surface area (Å²) >= 11 is 0. The molecule has 0 spiro atoms. The van der Waals surface area contributed by atoms with Crippen LogP contribution in [0.5, 0.6) is 0 Å². The normalized spacial score (nSPS) is 37.3. The van der Waals surface area contributed by atoms with Crippen molar-refractivity contribution in [1.82, 2.24) is 0 Å². The van der Waals surface area contributed by atoms with Crippen LogP contribution in [0.15, 0.2) is 11.0 Å². The predicted octanol–water partition coefficient (Wildman–Crippen LogP) is 3.45. The lowest BCUT2D eigenvalue weighted by atomic mass is 9.72. The van der Waals surface area contributed by atoms with Crippen LogP contribution in [0, 0.1) is 5.92 Å². The van der Waals surface area contributed by atoms with E-state index in [0.717, 1.165) is 5.92 Å². The Labute approximate surface area is 70.2 Å². The lowest BCUT2D eigenvalue weighted by Crippen LogP contribution is -2.39. The second-order valence-corrected chi connectivity index (χ2v) is 5.77.